The van der Waals surface area contributed by atoms with Crippen LogP contribution in [0.4, 0.5) is 0 Å². The van der Waals surface area contributed by atoms with E-state index >= 15 is 0 Å². The van der Waals surface area contributed by atoms with Crippen molar-refractivity contribution in [3.8, 4) is 5.69 Å². The highest BCUT2D eigenvalue weighted by molar-refractivity contribution is 6.30. The average Bonchev–Trinajstić information content (AvgIpc) is 3.05. The number of aromatic amines is 1. The number of benzene rings is 3. The second-order valence-electron chi connectivity index (χ2n) is 6.75. The number of aromatic nitrogens is 2. The Bertz CT molecular complexity index is 1190. The molecule has 0 aliphatic heterocycles. The normalized spacial score (nSPS) is 11.6. The lowest BCUT2D eigenvalue weighted by Crippen LogP contribution is -2.21. The first-order valence-electron chi connectivity index (χ1n) is 9.35. The number of para-hydroxylation sites is 1. The van der Waals surface area contributed by atoms with E-state index in [9.17, 15) is 4.79 Å². The van der Waals surface area contributed by atoms with Gasteiger partial charge in [-0.25, -0.2) is 4.68 Å². The summed E-state index contributed by atoms with van der Waals surface area (Å²) in [6, 6.07) is 26.9. The van der Waals surface area contributed by atoms with Crippen molar-refractivity contribution in [3.63, 3.8) is 0 Å². The number of nitrogens with one attached hydrogen (secondary N) is 1. The highest BCUT2D eigenvalue weighted by Gasteiger charge is 2.19. The lowest BCUT2D eigenvalue weighted by atomic mass is 10.0. The van der Waals surface area contributed by atoms with Gasteiger partial charge in [0.25, 0.3) is 5.56 Å². The zero-order valence-electron chi connectivity index (χ0n) is 16.0. The van der Waals surface area contributed by atoms with Crippen molar-refractivity contribution in [1.82, 2.24) is 9.78 Å². The van der Waals surface area contributed by atoms with Crippen LogP contribution in [0, 0.1) is 6.92 Å². The number of hydrogen-bond acceptors (Lipinski definition) is 2. The summed E-state index contributed by atoms with van der Waals surface area (Å²) < 4.78 is 1.55. The molecule has 1 N–H and O–H groups in total. The van der Waals surface area contributed by atoms with Crippen LogP contribution in [0.1, 0.15) is 22.4 Å². The molecule has 0 aliphatic carbocycles. The molecule has 4 nitrogen and oxygen atoms in total. The molecule has 0 atom stereocenters. The van der Waals surface area contributed by atoms with E-state index in [1.807, 2.05) is 91.9 Å². The van der Waals surface area contributed by atoms with E-state index in [0.29, 0.717) is 22.8 Å². The molecule has 1 heterocycles. The number of rotatable bonds is 5. The van der Waals surface area contributed by atoms with Crippen molar-refractivity contribution in [2.24, 2.45) is 4.99 Å². The van der Waals surface area contributed by atoms with E-state index in [0.717, 1.165) is 22.5 Å². The Kier molecular flexibility index (Phi) is 5.45. The second kappa shape index (κ2) is 8.33. The predicted octanol–water partition coefficient (Wildman–Crippen LogP) is 5.17. The lowest BCUT2D eigenvalue weighted by Gasteiger charge is -2.07. The highest BCUT2D eigenvalue weighted by Crippen LogP contribution is 2.17. The minimum atomic E-state index is -0.129. The third kappa shape index (κ3) is 4.08. The predicted molar refractivity (Wildman–Crippen MR) is 118 cm³/mol. The maximum atomic E-state index is 13.3. The van der Waals surface area contributed by atoms with Gasteiger partial charge in [0.15, 0.2) is 0 Å². The molecular weight excluding hydrogens is 382 g/mol. The number of hydrogen-bond donors (Lipinski definition) is 1. The van der Waals surface area contributed by atoms with Gasteiger partial charge in [-0.3, -0.25) is 14.9 Å². The second-order valence-corrected chi connectivity index (χ2v) is 7.18. The average molecular weight is 402 g/mol. The lowest BCUT2D eigenvalue weighted by molar-refractivity contribution is 0.835. The summed E-state index contributed by atoms with van der Waals surface area (Å²) in [5.74, 6) is 0. The molecule has 0 aliphatic rings. The maximum Gasteiger partial charge on any atom is 0.280 e. The number of halogens is 1. The highest BCUT2D eigenvalue weighted by atomic mass is 35.5. The van der Waals surface area contributed by atoms with Crippen molar-refractivity contribution in [2.75, 3.05) is 0 Å². The van der Waals surface area contributed by atoms with Crippen molar-refractivity contribution in [1.29, 1.82) is 0 Å². The van der Waals surface area contributed by atoms with Crippen molar-refractivity contribution < 1.29 is 0 Å². The third-order valence-electron chi connectivity index (χ3n) is 4.70. The molecule has 4 aromatic rings. The minimum absolute atomic E-state index is 0.129. The molecule has 0 unspecified atom stereocenters. The van der Waals surface area contributed by atoms with Gasteiger partial charge in [0.05, 0.1) is 23.5 Å². The summed E-state index contributed by atoms with van der Waals surface area (Å²) in [5, 5.41) is 3.83. The molecular formula is C24H20ClN3O. The zero-order chi connectivity index (χ0) is 20.2. The van der Waals surface area contributed by atoms with E-state index in [1.165, 1.54) is 0 Å². The van der Waals surface area contributed by atoms with Crippen LogP contribution in [0.5, 0.6) is 0 Å². The first-order valence-corrected chi connectivity index (χ1v) is 9.73. The molecule has 4 rings (SSSR count). The Morgan fingerprint density at radius 2 is 1.55 bits per heavy atom. The maximum absolute atomic E-state index is 13.3. The zero-order valence-corrected chi connectivity index (χ0v) is 16.7. The summed E-state index contributed by atoms with van der Waals surface area (Å²) in [6.07, 6.45) is 0. The van der Waals surface area contributed by atoms with Gasteiger partial charge in [-0.15, -0.1) is 0 Å². The van der Waals surface area contributed by atoms with Gasteiger partial charge in [0.1, 0.15) is 0 Å². The standard InChI is InChI=1S/C24H20ClN3O/c1-17-22(24(29)28(27-17)21-10-6-3-7-11-21)23(19-12-14-20(25)15-13-19)26-16-18-8-4-2-5-9-18/h2-15,27H,16H2,1H3. The molecule has 5 heteroatoms. The molecule has 3 aromatic carbocycles. The van der Waals surface area contributed by atoms with Crippen LogP contribution in [0.2, 0.25) is 5.02 Å². The molecule has 144 valence electrons. The number of aryl methyl sites for hydroxylation is 1. The molecule has 0 saturated heterocycles. The van der Waals surface area contributed by atoms with Crippen LogP contribution in [0.15, 0.2) is 94.7 Å². The monoisotopic (exact) mass is 401 g/mol. The fourth-order valence-electron chi connectivity index (χ4n) is 3.26. The first kappa shape index (κ1) is 19.0. The van der Waals surface area contributed by atoms with Crippen LogP contribution in [0.25, 0.3) is 5.69 Å². The summed E-state index contributed by atoms with van der Waals surface area (Å²) in [5.41, 5.74) is 4.56. The molecule has 0 spiro atoms. The quantitative estimate of drug-likeness (QED) is 0.461. The smallest absolute Gasteiger partial charge is 0.280 e. The van der Waals surface area contributed by atoms with Crippen LogP contribution < -0.4 is 5.56 Å². The van der Waals surface area contributed by atoms with E-state index < -0.39 is 0 Å². The van der Waals surface area contributed by atoms with E-state index in [-0.39, 0.29) is 5.56 Å². The Morgan fingerprint density at radius 1 is 0.931 bits per heavy atom. The minimum Gasteiger partial charge on any atom is -0.295 e. The fraction of sp³-hybridized carbons (Fsp3) is 0.0833. The molecule has 0 bridgehead atoms. The van der Waals surface area contributed by atoms with E-state index in [2.05, 4.69) is 5.10 Å². The van der Waals surface area contributed by atoms with Gasteiger partial charge in [-0.05, 0) is 36.8 Å². The van der Waals surface area contributed by atoms with Crippen LogP contribution in [-0.4, -0.2) is 15.5 Å². The topological polar surface area (TPSA) is 50.1 Å². The Labute approximate surface area is 174 Å². The van der Waals surface area contributed by atoms with Crippen molar-refractivity contribution in [3.05, 3.63) is 123 Å². The van der Waals surface area contributed by atoms with E-state index in [1.54, 1.807) is 4.68 Å². The van der Waals surface area contributed by atoms with Gasteiger partial charge in [-0.1, -0.05) is 72.3 Å². The summed E-state index contributed by atoms with van der Waals surface area (Å²) in [7, 11) is 0. The molecule has 0 radical (unpaired) electrons. The van der Waals surface area contributed by atoms with Crippen molar-refractivity contribution >= 4 is 17.3 Å². The first-order chi connectivity index (χ1) is 14.1. The van der Waals surface area contributed by atoms with Gasteiger partial charge < -0.3 is 0 Å². The largest absolute Gasteiger partial charge is 0.295 e. The van der Waals surface area contributed by atoms with Crippen LogP contribution in [0.3, 0.4) is 0 Å². The van der Waals surface area contributed by atoms with Crippen molar-refractivity contribution in [2.45, 2.75) is 13.5 Å². The molecule has 29 heavy (non-hydrogen) atoms. The molecule has 0 amide bonds. The number of nitrogens with zero attached hydrogens (tertiary/aromatic N) is 2. The molecule has 0 fully saturated rings. The Hall–Kier alpha value is -3.37. The Balaban J connectivity index is 1.84. The van der Waals surface area contributed by atoms with Gasteiger partial charge >= 0.3 is 0 Å². The number of aliphatic imine (C=N–C) groups is 1. The Morgan fingerprint density at radius 3 is 2.21 bits per heavy atom. The molecule has 0 saturated carbocycles. The summed E-state index contributed by atoms with van der Waals surface area (Å²) in [4.78, 5) is 18.1. The van der Waals surface area contributed by atoms with Gasteiger partial charge in [-0.2, -0.15) is 0 Å². The van der Waals surface area contributed by atoms with E-state index in [4.69, 9.17) is 16.6 Å². The van der Waals surface area contributed by atoms with Gasteiger partial charge in [0.2, 0.25) is 0 Å². The van der Waals surface area contributed by atoms with Crippen LogP contribution in [-0.2, 0) is 6.54 Å². The summed E-state index contributed by atoms with van der Waals surface area (Å²) >= 11 is 6.07. The SMILES string of the molecule is Cc1[nH]n(-c2ccccc2)c(=O)c1C(=NCc1ccccc1)c1ccc(Cl)cc1. The van der Waals surface area contributed by atoms with Gasteiger partial charge in [0, 0.05) is 16.3 Å². The summed E-state index contributed by atoms with van der Waals surface area (Å²) in [6.45, 7) is 2.37. The number of H-pyrrole nitrogens is 1. The van der Waals surface area contributed by atoms with Crippen LogP contribution >= 0.6 is 11.6 Å². The fourth-order valence-corrected chi connectivity index (χ4v) is 3.39. The molecule has 1 aromatic heterocycles. The third-order valence-corrected chi connectivity index (χ3v) is 4.95.